The summed E-state index contributed by atoms with van der Waals surface area (Å²) >= 11 is 1.46. The Bertz CT molecular complexity index is 542. The van der Waals surface area contributed by atoms with Crippen molar-refractivity contribution in [3.05, 3.63) is 53.8 Å². The fourth-order valence-corrected chi connectivity index (χ4v) is 2.52. The van der Waals surface area contributed by atoms with Gasteiger partial charge in [0, 0.05) is 16.3 Å². The van der Waals surface area contributed by atoms with E-state index in [0.29, 0.717) is 22.9 Å². The van der Waals surface area contributed by atoms with Crippen LogP contribution in [0.25, 0.3) is 0 Å². The summed E-state index contributed by atoms with van der Waals surface area (Å²) in [5.74, 6) is 1.30. The van der Waals surface area contributed by atoms with E-state index in [0.717, 1.165) is 11.3 Å². The highest BCUT2D eigenvalue weighted by molar-refractivity contribution is 7.98. The van der Waals surface area contributed by atoms with Gasteiger partial charge in [-0.3, -0.25) is 0 Å². The molecule has 0 spiro atoms. The van der Waals surface area contributed by atoms with Crippen LogP contribution in [0.1, 0.15) is 12.5 Å². The predicted molar refractivity (Wildman–Crippen MR) is 78.0 cm³/mol. The first-order valence-electron chi connectivity index (χ1n) is 6.08. The van der Waals surface area contributed by atoms with E-state index in [1.54, 1.807) is 12.1 Å². The van der Waals surface area contributed by atoms with Gasteiger partial charge in [-0.1, -0.05) is 12.1 Å². The SMILES string of the molecule is CCOc1ccc(CSc2ccc(N)cc2F)cc1. The zero-order valence-corrected chi connectivity index (χ0v) is 11.5. The first kappa shape index (κ1) is 13.7. The van der Waals surface area contributed by atoms with E-state index in [4.69, 9.17) is 10.5 Å². The van der Waals surface area contributed by atoms with E-state index in [2.05, 4.69) is 0 Å². The fourth-order valence-electron chi connectivity index (χ4n) is 1.64. The summed E-state index contributed by atoms with van der Waals surface area (Å²) in [5.41, 5.74) is 7.09. The summed E-state index contributed by atoms with van der Waals surface area (Å²) in [5, 5.41) is 0. The summed E-state index contributed by atoms with van der Waals surface area (Å²) < 4.78 is 19.0. The van der Waals surface area contributed by atoms with Crippen LogP contribution in [-0.2, 0) is 5.75 Å². The molecule has 2 rings (SSSR count). The van der Waals surface area contributed by atoms with Crippen LogP contribution < -0.4 is 10.5 Å². The van der Waals surface area contributed by atoms with Gasteiger partial charge in [0.05, 0.1) is 6.61 Å². The molecule has 0 atom stereocenters. The first-order chi connectivity index (χ1) is 9.19. The van der Waals surface area contributed by atoms with E-state index in [1.807, 2.05) is 31.2 Å². The van der Waals surface area contributed by atoms with Crippen molar-refractivity contribution in [3.8, 4) is 5.75 Å². The second-order valence-electron chi connectivity index (χ2n) is 4.06. The molecule has 4 heteroatoms. The normalized spacial score (nSPS) is 10.4. The van der Waals surface area contributed by atoms with Crippen LogP contribution in [0.15, 0.2) is 47.4 Å². The molecular formula is C15H16FNOS. The molecule has 0 aliphatic rings. The molecule has 0 fully saturated rings. The Morgan fingerprint density at radius 1 is 1.16 bits per heavy atom. The van der Waals surface area contributed by atoms with Gasteiger partial charge < -0.3 is 10.5 Å². The Balaban J connectivity index is 1.98. The second-order valence-corrected chi connectivity index (χ2v) is 5.07. The lowest BCUT2D eigenvalue weighted by Gasteiger charge is -2.06. The number of ether oxygens (including phenoxy) is 1. The van der Waals surface area contributed by atoms with Crippen LogP contribution in [0.5, 0.6) is 5.75 Å². The van der Waals surface area contributed by atoms with Crippen LogP contribution >= 0.6 is 11.8 Å². The topological polar surface area (TPSA) is 35.2 Å². The smallest absolute Gasteiger partial charge is 0.138 e. The van der Waals surface area contributed by atoms with Gasteiger partial charge in [0.1, 0.15) is 11.6 Å². The average Bonchev–Trinajstić information content (AvgIpc) is 2.40. The summed E-state index contributed by atoms with van der Waals surface area (Å²) in [6, 6.07) is 12.6. The average molecular weight is 277 g/mol. The highest BCUT2D eigenvalue weighted by Crippen LogP contribution is 2.27. The summed E-state index contributed by atoms with van der Waals surface area (Å²) in [6.07, 6.45) is 0. The molecule has 0 aliphatic heterocycles. The van der Waals surface area contributed by atoms with E-state index < -0.39 is 0 Å². The van der Waals surface area contributed by atoms with Crippen molar-refractivity contribution < 1.29 is 9.13 Å². The van der Waals surface area contributed by atoms with Crippen molar-refractivity contribution >= 4 is 17.4 Å². The molecule has 2 N–H and O–H groups in total. The maximum atomic E-state index is 13.6. The molecule has 0 bridgehead atoms. The minimum Gasteiger partial charge on any atom is -0.494 e. The maximum absolute atomic E-state index is 13.6. The lowest BCUT2D eigenvalue weighted by Crippen LogP contribution is -1.91. The number of anilines is 1. The zero-order valence-electron chi connectivity index (χ0n) is 10.7. The molecule has 100 valence electrons. The highest BCUT2D eigenvalue weighted by Gasteiger charge is 2.04. The number of halogens is 1. The molecule has 2 aromatic rings. The molecule has 0 saturated carbocycles. The molecule has 2 aromatic carbocycles. The van der Waals surface area contributed by atoms with E-state index >= 15 is 0 Å². The van der Waals surface area contributed by atoms with E-state index in [-0.39, 0.29) is 5.82 Å². The Kier molecular flexibility index (Phi) is 4.68. The van der Waals surface area contributed by atoms with Crippen LogP contribution in [0.4, 0.5) is 10.1 Å². The van der Waals surface area contributed by atoms with E-state index in [9.17, 15) is 4.39 Å². The predicted octanol–water partition coefficient (Wildman–Crippen LogP) is 4.10. The van der Waals surface area contributed by atoms with Gasteiger partial charge in [0.15, 0.2) is 0 Å². The molecule has 0 unspecified atom stereocenters. The molecule has 0 aromatic heterocycles. The van der Waals surface area contributed by atoms with Gasteiger partial charge >= 0.3 is 0 Å². The molecule has 2 nitrogen and oxygen atoms in total. The molecule has 0 saturated heterocycles. The summed E-state index contributed by atoms with van der Waals surface area (Å²) in [4.78, 5) is 0.614. The standard InChI is InChI=1S/C15H16FNOS/c1-2-18-13-6-3-11(4-7-13)10-19-15-8-5-12(17)9-14(15)16/h3-9H,2,10,17H2,1H3. The van der Waals surface area contributed by atoms with Gasteiger partial charge in [0.25, 0.3) is 0 Å². The van der Waals surface area contributed by atoms with Crippen molar-refractivity contribution in [2.45, 2.75) is 17.6 Å². The van der Waals surface area contributed by atoms with Crippen LogP contribution in [0.3, 0.4) is 0 Å². The second kappa shape index (κ2) is 6.48. The zero-order chi connectivity index (χ0) is 13.7. The van der Waals surface area contributed by atoms with Crippen molar-refractivity contribution in [3.63, 3.8) is 0 Å². The highest BCUT2D eigenvalue weighted by atomic mass is 32.2. The number of hydrogen-bond donors (Lipinski definition) is 1. The third-order valence-electron chi connectivity index (χ3n) is 2.58. The van der Waals surface area contributed by atoms with Crippen molar-refractivity contribution in [2.75, 3.05) is 12.3 Å². The molecule has 0 aliphatic carbocycles. The summed E-state index contributed by atoms with van der Waals surface area (Å²) in [6.45, 7) is 2.61. The fraction of sp³-hybridized carbons (Fsp3) is 0.200. The minimum atomic E-state index is -0.268. The Labute approximate surface area is 116 Å². The van der Waals surface area contributed by atoms with E-state index in [1.165, 1.54) is 17.8 Å². The number of nitrogen functional groups attached to an aromatic ring is 1. The van der Waals surface area contributed by atoms with Crippen LogP contribution in [0, 0.1) is 5.82 Å². The van der Waals surface area contributed by atoms with Gasteiger partial charge in [-0.15, -0.1) is 11.8 Å². The van der Waals surface area contributed by atoms with Gasteiger partial charge in [-0.25, -0.2) is 4.39 Å². The van der Waals surface area contributed by atoms with Crippen LogP contribution in [0.2, 0.25) is 0 Å². The number of benzene rings is 2. The molecular weight excluding hydrogens is 261 g/mol. The molecule has 0 heterocycles. The number of thioether (sulfide) groups is 1. The van der Waals surface area contributed by atoms with Gasteiger partial charge in [-0.05, 0) is 42.8 Å². The van der Waals surface area contributed by atoms with Gasteiger partial charge in [0.2, 0.25) is 0 Å². The maximum Gasteiger partial charge on any atom is 0.138 e. The number of nitrogens with two attached hydrogens (primary N) is 1. The molecule has 0 radical (unpaired) electrons. The van der Waals surface area contributed by atoms with Crippen molar-refractivity contribution in [2.24, 2.45) is 0 Å². The quantitative estimate of drug-likeness (QED) is 0.660. The van der Waals surface area contributed by atoms with Crippen LogP contribution in [-0.4, -0.2) is 6.61 Å². The largest absolute Gasteiger partial charge is 0.494 e. The monoisotopic (exact) mass is 277 g/mol. The third-order valence-corrected chi connectivity index (χ3v) is 3.70. The Hall–Kier alpha value is -1.68. The lowest BCUT2D eigenvalue weighted by molar-refractivity contribution is 0.340. The van der Waals surface area contributed by atoms with Crippen molar-refractivity contribution in [1.29, 1.82) is 0 Å². The first-order valence-corrected chi connectivity index (χ1v) is 7.07. The Morgan fingerprint density at radius 3 is 2.53 bits per heavy atom. The number of rotatable bonds is 5. The minimum absolute atomic E-state index is 0.268. The number of hydrogen-bond acceptors (Lipinski definition) is 3. The molecule has 0 amide bonds. The third kappa shape index (κ3) is 3.89. The van der Waals surface area contributed by atoms with Gasteiger partial charge in [-0.2, -0.15) is 0 Å². The Morgan fingerprint density at radius 2 is 1.89 bits per heavy atom. The lowest BCUT2D eigenvalue weighted by atomic mass is 10.2. The molecule has 19 heavy (non-hydrogen) atoms. The summed E-state index contributed by atoms with van der Waals surface area (Å²) in [7, 11) is 0. The van der Waals surface area contributed by atoms with Crippen molar-refractivity contribution in [1.82, 2.24) is 0 Å².